The molecule has 0 N–H and O–H groups in total. The molecular formula is C16H20O3S. The van der Waals surface area contributed by atoms with Gasteiger partial charge in [0, 0.05) is 5.56 Å². The molecule has 0 atom stereocenters. The zero-order valence-corrected chi connectivity index (χ0v) is 12.8. The van der Waals surface area contributed by atoms with Crippen molar-refractivity contribution >= 4 is 23.5 Å². The molecule has 0 aliphatic heterocycles. The van der Waals surface area contributed by atoms with E-state index >= 15 is 0 Å². The fourth-order valence-corrected chi connectivity index (χ4v) is 3.52. The lowest BCUT2D eigenvalue weighted by molar-refractivity contribution is -0.141. The molecule has 0 bridgehead atoms. The zero-order chi connectivity index (χ0) is 14.6. The lowest BCUT2D eigenvalue weighted by Gasteiger charge is -2.13. The summed E-state index contributed by atoms with van der Waals surface area (Å²) < 4.78 is 4.72. The highest BCUT2D eigenvalue weighted by molar-refractivity contribution is 8.00. The minimum Gasteiger partial charge on any atom is -0.469 e. The van der Waals surface area contributed by atoms with Crippen LogP contribution >= 0.6 is 11.8 Å². The van der Waals surface area contributed by atoms with Crippen LogP contribution in [0, 0.1) is 12.3 Å². The minimum atomic E-state index is -0.145. The van der Waals surface area contributed by atoms with Gasteiger partial charge in [0.25, 0.3) is 0 Å². The number of ether oxygens (including phenoxy) is 1. The van der Waals surface area contributed by atoms with Gasteiger partial charge in [-0.3, -0.25) is 9.59 Å². The van der Waals surface area contributed by atoms with Gasteiger partial charge < -0.3 is 4.74 Å². The number of benzene rings is 1. The molecule has 0 unspecified atom stereocenters. The molecule has 2 rings (SSSR count). The maximum atomic E-state index is 12.1. The van der Waals surface area contributed by atoms with Crippen molar-refractivity contribution in [2.45, 2.75) is 26.2 Å². The van der Waals surface area contributed by atoms with Crippen molar-refractivity contribution < 1.29 is 14.3 Å². The van der Waals surface area contributed by atoms with E-state index in [1.165, 1.54) is 7.11 Å². The maximum Gasteiger partial charge on any atom is 0.306 e. The van der Waals surface area contributed by atoms with E-state index in [2.05, 4.69) is 0 Å². The molecule has 0 saturated heterocycles. The summed E-state index contributed by atoms with van der Waals surface area (Å²) in [5, 5.41) is 0. The molecule has 1 aliphatic rings. The van der Waals surface area contributed by atoms with Crippen LogP contribution in [-0.4, -0.2) is 30.4 Å². The number of ketones is 1. The molecule has 1 aliphatic carbocycles. The Morgan fingerprint density at radius 3 is 2.60 bits per heavy atom. The van der Waals surface area contributed by atoms with Crippen molar-refractivity contribution in [1.82, 2.24) is 0 Å². The fourth-order valence-electron chi connectivity index (χ4n) is 2.25. The minimum absolute atomic E-state index is 0.0871. The van der Waals surface area contributed by atoms with Gasteiger partial charge in [0.15, 0.2) is 5.78 Å². The van der Waals surface area contributed by atoms with Crippen LogP contribution in [0.5, 0.6) is 0 Å². The number of hydrogen-bond acceptors (Lipinski definition) is 4. The standard InChI is InChI=1S/C16H20O3S/c1-12-5-3-4-6-13(12)14(17)10-20-11-16(7-8-16)9-15(18)19-2/h3-6H,7-11H2,1-2H3. The van der Waals surface area contributed by atoms with Crippen LogP contribution < -0.4 is 0 Å². The number of carbonyl (C=O) groups is 2. The molecular weight excluding hydrogens is 272 g/mol. The van der Waals surface area contributed by atoms with Crippen molar-refractivity contribution in [2.75, 3.05) is 18.6 Å². The van der Waals surface area contributed by atoms with Gasteiger partial charge in [0.1, 0.15) is 0 Å². The van der Waals surface area contributed by atoms with Crippen LogP contribution in [0.3, 0.4) is 0 Å². The van der Waals surface area contributed by atoms with Crippen LogP contribution in [0.4, 0.5) is 0 Å². The molecule has 0 heterocycles. The van der Waals surface area contributed by atoms with E-state index in [1.807, 2.05) is 31.2 Å². The highest BCUT2D eigenvalue weighted by atomic mass is 32.2. The van der Waals surface area contributed by atoms with E-state index in [0.29, 0.717) is 12.2 Å². The van der Waals surface area contributed by atoms with Gasteiger partial charge in [-0.15, -0.1) is 0 Å². The Labute approximate surface area is 124 Å². The van der Waals surface area contributed by atoms with Gasteiger partial charge in [-0.1, -0.05) is 24.3 Å². The molecule has 1 fully saturated rings. The van der Waals surface area contributed by atoms with Crippen LogP contribution in [0.15, 0.2) is 24.3 Å². The van der Waals surface area contributed by atoms with Gasteiger partial charge >= 0.3 is 5.97 Å². The molecule has 108 valence electrons. The first-order valence-corrected chi connectivity index (χ1v) is 7.95. The number of rotatable bonds is 7. The predicted octanol–water partition coefficient (Wildman–Crippen LogP) is 3.25. The Bertz CT molecular complexity index is 506. The molecule has 0 amide bonds. The van der Waals surface area contributed by atoms with E-state index in [1.54, 1.807) is 11.8 Å². The quantitative estimate of drug-likeness (QED) is 0.571. The Kier molecular flexibility index (Phi) is 4.86. The van der Waals surface area contributed by atoms with E-state index in [9.17, 15) is 9.59 Å². The average Bonchev–Trinajstić information content (AvgIpc) is 3.18. The normalized spacial score (nSPS) is 15.7. The number of methoxy groups -OCH3 is 1. The second-order valence-electron chi connectivity index (χ2n) is 5.48. The van der Waals surface area contributed by atoms with Crippen LogP contribution in [0.2, 0.25) is 0 Å². The third-order valence-electron chi connectivity index (χ3n) is 3.79. The molecule has 1 saturated carbocycles. The predicted molar refractivity (Wildman–Crippen MR) is 81.1 cm³/mol. The van der Waals surface area contributed by atoms with E-state index < -0.39 is 0 Å². The average molecular weight is 292 g/mol. The monoisotopic (exact) mass is 292 g/mol. The second-order valence-corrected chi connectivity index (χ2v) is 6.47. The van der Waals surface area contributed by atoms with Crippen LogP contribution in [-0.2, 0) is 9.53 Å². The lowest BCUT2D eigenvalue weighted by atomic mass is 10.1. The number of Topliss-reactive ketones (excluding diaryl/α,β-unsaturated/α-hetero) is 1. The maximum absolute atomic E-state index is 12.1. The Morgan fingerprint density at radius 2 is 2.00 bits per heavy atom. The van der Waals surface area contributed by atoms with E-state index in [4.69, 9.17) is 4.74 Å². The summed E-state index contributed by atoms with van der Waals surface area (Å²) in [4.78, 5) is 23.5. The number of thioether (sulfide) groups is 1. The molecule has 1 aromatic rings. The number of carbonyl (C=O) groups excluding carboxylic acids is 2. The molecule has 1 aromatic carbocycles. The Hall–Kier alpha value is -1.29. The fraction of sp³-hybridized carbons (Fsp3) is 0.500. The highest BCUT2D eigenvalue weighted by Crippen LogP contribution is 2.51. The van der Waals surface area contributed by atoms with Crippen molar-refractivity contribution in [3.8, 4) is 0 Å². The summed E-state index contributed by atoms with van der Waals surface area (Å²) >= 11 is 1.63. The first-order chi connectivity index (χ1) is 9.56. The third kappa shape index (κ3) is 3.85. The summed E-state index contributed by atoms with van der Waals surface area (Å²) in [5.41, 5.74) is 1.91. The van der Waals surface area contributed by atoms with Crippen molar-refractivity contribution in [3.63, 3.8) is 0 Å². The van der Waals surface area contributed by atoms with Gasteiger partial charge in [-0.05, 0) is 36.5 Å². The Balaban J connectivity index is 1.80. The van der Waals surface area contributed by atoms with Crippen LogP contribution in [0.25, 0.3) is 0 Å². The van der Waals surface area contributed by atoms with Crippen molar-refractivity contribution in [3.05, 3.63) is 35.4 Å². The van der Waals surface area contributed by atoms with E-state index in [-0.39, 0.29) is 17.2 Å². The second kappa shape index (κ2) is 6.44. The topological polar surface area (TPSA) is 43.4 Å². The zero-order valence-electron chi connectivity index (χ0n) is 12.0. The third-order valence-corrected chi connectivity index (χ3v) is 5.07. The number of hydrogen-bond donors (Lipinski definition) is 0. The summed E-state index contributed by atoms with van der Waals surface area (Å²) in [5.74, 6) is 1.36. The van der Waals surface area contributed by atoms with Gasteiger partial charge in [0.05, 0.1) is 19.3 Å². The largest absolute Gasteiger partial charge is 0.469 e. The first-order valence-electron chi connectivity index (χ1n) is 6.80. The molecule has 0 radical (unpaired) electrons. The van der Waals surface area contributed by atoms with Crippen LogP contribution in [0.1, 0.15) is 35.2 Å². The Morgan fingerprint density at radius 1 is 1.30 bits per heavy atom. The van der Waals surface area contributed by atoms with Gasteiger partial charge in [-0.25, -0.2) is 0 Å². The summed E-state index contributed by atoms with van der Waals surface area (Å²) in [6, 6.07) is 7.66. The van der Waals surface area contributed by atoms with Crippen molar-refractivity contribution in [2.24, 2.45) is 5.41 Å². The summed E-state index contributed by atoms with van der Waals surface area (Å²) in [6.45, 7) is 1.96. The summed E-state index contributed by atoms with van der Waals surface area (Å²) in [6.07, 6.45) is 2.61. The SMILES string of the molecule is COC(=O)CC1(CSCC(=O)c2ccccc2C)CC1. The van der Waals surface area contributed by atoms with Gasteiger partial charge in [0.2, 0.25) is 0 Å². The molecule has 4 heteroatoms. The van der Waals surface area contributed by atoms with E-state index in [0.717, 1.165) is 29.7 Å². The number of aryl methyl sites for hydroxylation is 1. The smallest absolute Gasteiger partial charge is 0.306 e. The lowest BCUT2D eigenvalue weighted by Crippen LogP contribution is -2.14. The number of esters is 1. The molecule has 0 spiro atoms. The first kappa shape index (κ1) is 15.1. The highest BCUT2D eigenvalue weighted by Gasteiger charge is 2.44. The van der Waals surface area contributed by atoms with Crippen molar-refractivity contribution in [1.29, 1.82) is 0 Å². The van der Waals surface area contributed by atoms with Gasteiger partial charge in [-0.2, -0.15) is 11.8 Å². The summed E-state index contributed by atoms with van der Waals surface area (Å²) in [7, 11) is 1.42. The molecule has 3 nitrogen and oxygen atoms in total. The molecule has 20 heavy (non-hydrogen) atoms. The molecule has 0 aromatic heterocycles.